The van der Waals surface area contributed by atoms with E-state index < -0.39 is 23.2 Å². The first-order valence-electron chi connectivity index (χ1n) is 12.2. The fourth-order valence-corrected chi connectivity index (χ4v) is 6.73. The summed E-state index contributed by atoms with van der Waals surface area (Å²) in [4.78, 5) is 33.5. The van der Waals surface area contributed by atoms with Gasteiger partial charge in [-0.1, -0.05) is 67.4 Å². The molecule has 0 radical (unpaired) electrons. The molecular formula is C28H25N5O2. The molecule has 0 N–H and O–H groups in total. The predicted molar refractivity (Wildman–Crippen MR) is 131 cm³/mol. The zero-order valence-electron chi connectivity index (χ0n) is 19.2. The second-order valence-corrected chi connectivity index (χ2v) is 9.75. The first kappa shape index (κ1) is 20.4. The second kappa shape index (κ2) is 7.25. The van der Waals surface area contributed by atoms with Gasteiger partial charge in [0.2, 0.25) is 11.6 Å². The van der Waals surface area contributed by atoms with Crippen molar-refractivity contribution in [1.82, 2.24) is 0 Å². The minimum absolute atomic E-state index is 0.176. The van der Waals surface area contributed by atoms with Gasteiger partial charge in [0, 0.05) is 17.8 Å². The first-order chi connectivity index (χ1) is 17.2. The van der Waals surface area contributed by atoms with Crippen molar-refractivity contribution in [3.63, 3.8) is 0 Å². The number of nitrogens with zero attached hydrogens (tertiary/aromatic N) is 5. The highest BCUT2D eigenvalue weighted by atomic mass is 16.2. The maximum absolute atomic E-state index is 14.2. The number of fused-ring (bicyclic) bond motifs is 1. The van der Waals surface area contributed by atoms with E-state index in [9.17, 15) is 9.59 Å². The lowest BCUT2D eigenvalue weighted by Gasteiger charge is -2.50. The molecule has 0 unspecified atom stereocenters. The van der Waals surface area contributed by atoms with E-state index in [0.717, 1.165) is 30.6 Å². The summed E-state index contributed by atoms with van der Waals surface area (Å²) in [5.41, 5.74) is 6.02. The summed E-state index contributed by atoms with van der Waals surface area (Å²) in [6.45, 7) is 0. The lowest BCUT2D eigenvalue weighted by Crippen LogP contribution is -2.60. The molecule has 2 amide bonds. The zero-order valence-corrected chi connectivity index (χ0v) is 19.2. The summed E-state index contributed by atoms with van der Waals surface area (Å²) in [7, 11) is 0. The third-order valence-corrected chi connectivity index (χ3v) is 8.06. The maximum atomic E-state index is 14.2. The Morgan fingerprint density at radius 3 is 2.06 bits per heavy atom. The highest BCUT2D eigenvalue weighted by Crippen LogP contribution is 2.65. The van der Waals surface area contributed by atoms with Crippen LogP contribution in [0.2, 0.25) is 0 Å². The molecule has 2 saturated heterocycles. The van der Waals surface area contributed by atoms with Crippen LogP contribution in [0.3, 0.4) is 0 Å². The van der Waals surface area contributed by atoms with Crippen molar-refractivity contribution in [2.45, 2.75) is 42.9 Å². The summed E-state index contributed by atoms with van der Waals surface area (Å²) < 4.78 is 0. The fraction of sp³-hybridized carbons (Fsp3) is 0.286. The van der Waals surface area contributed by atoms with E-state index in [1.165, 1.54) is 4.90 Å². The normalized spacial score (nSPS) is 31.0. The van der Waals surface area contributed by atoms with Crippen LogP contribution in [0.1, 0.15) is 25.7 Å². The Bertz CT molecular complexity index is 1350. The molecule has 3 heterocycles. The third kappa shape index (κ3) is 2.55. The van der Waals surface area contributed by atoms with Gasteiger partial charge in [0.05, 0.1) is 17.1 Å². The molecule has 35 heavy (non-hydrogen) atoms. The molecule has 0 bridgehead atoms. The van der Waals surface area contributed by atoms with Crippen LogP contribution >= 0.6 is 0 Å². The molecule has 1 saturated carbocycles. The fourth-order valence-electron chi connectivity index (χ4n) is 6.73. The topological polar surface area (TPSA) is 70.1 Å². The molecule has 3 aliphatic heterocycles. The number of carbonyl (C=O) groups excluding carboxylic acids is 2. The molecule has 4 atom stereocenters. The van der Waals surface area contributed by atoms with Crippen molar-refractivity contribution in [3.05, 3.63) is 96.4 Å². The Hall–Kier alpha value is -4.00. The maximum Gasteiger partial charge on any atom is 0.257 e. The predicted octanol–water partition coefficient (Wildman–Crippen LogP) is 5.17. The molecule has 0 aromatic heterocycles. The molecule has 7 nitrogen and oxygen atoms in total. The molecule has 7 rings (SSSR count). The zero-order chi connectivity index (χ0) is 23.6. The van der Waals surface area contributed by atoms with E-state index in [-0.39, 0.29) is 11.8 Å². The number of imide groups is 1. The molecule has 1 aliphatic carbocycles. The van der Waals surface area contributed by atoms with Crippen molar-refractivity contribution in [1.29, 1.82) is 0 Å². The molecule has 3 fully saturated rings. The third-order valence-electron chi connectivity index (χ3n) is 8.06. The average Bonchev–Trinajstić information content (AvgIpc) is 3.48. The summed E-state index contributed by atoms with van der Waals surface area (Å²) in [6.07, 6.45) is 3.37. The Morgan fingerprint density at radius 1 is 0.771 bits per heavy atom. The van der Waals surface area contributed by atoms with E-state index in [4.69, 9.17) is 10.5 Å². The minimum Gasteiger partial charge on any atom is -0.347 e. The van der Waals surface area contributed by atoms with E-state index in [1.54, 1.807) is 4.81 Å². The summed E-state index contributed by atoms with van der Waals surface area (Å²) in [5, 5.41) is 5.22. The van der Waals surface area contributed by atoms with Crippen LogP contribution in [-0.4, -0.2) is 33.9 Å². The van der Waals surface area contributed by atoms with Gasteiger partial charge in [-0.2, -0.15) is 5.43 Å². The monoisotopic (exact) mass is 463 g/mol. The van der Waals surface area contributed by atoms with E-state index in [1.807, 2.05) is 91.0 Å². The van der Waals surface area contributed by atoms with Gasteiger partial charge < -0.3 is 4.90 Å². The SMILES string of the molecule is O=C1[C@@H]2[C@H](C(=O)N1c1ccccc1)[C@@]13CCCC[C@@]1([N-][N+](c1ccccc1)=N3)N2c1ccccc1. The van der Waals surface area contributed by atoms with Crippen LogP contribution in [0.25, 0.3) is 5.43 Å². The van der Waals surface area contributed by atoms with Crippen LogP contribution in [0.5, 0.6) is 0 Å². The molecular weight excluding hydrogens is 438 g/mol. The van der Waals surface area contributed by atoms with Gasteiger partial charge >= 0.3 is 0 Å². The highest BCUT2D eigenvalue weighted by molar-refractivity contribution is 6.26. The molecule has 174 valence electrons. The number of hydrogen-bond donors (Lipinski definition) is 0. The van der Waals surface area contributed by atoms with Crippen LogP contribution in [-0.2, 0) is 9.59 Å². The molecule has 0 spiro atoms. The number of rotatable bonds is 3. The van der Waals surface area contributed by atoms with Crippen molar-refractivity contribution in [3.8, 4) is 0 Å². The number of amides is 2. The summed E-state index contributed by atoms with van der Waals surface area (Å²) >= 11 is 0. The number of carbonyl (C=O) groups is 2. The first-order valence-corrected chi connectivity index (χ1v) is 12.2. The molecule has 7 heteroatoms. The van der Waals surface area contributed by atoms with Gasteiger partial charge in [-0.15, -0.1) is 4.81 Å². The van der Waals surface area contributed by atoms with Crippen LogP contribution in [0.15, 0.2) is 96.1 Å². The van der Waals surface area contributed by atoms with Gasteiger partial charge in [0.25, 0.3) is 5.91 Å². The van der Waals surface area contributed by atoms with Crippen LogP contribution < -0.4 is 9.80 Å². The van der Waals surface area contributed by atoms with Crippen molar-refractivity contribution < 1.29 is 14.4 Å². The van der Waals surface area contributed by atoms with Gasteiger partial charge in [-0.05, 0) is 37.1 Å². The lowest BCUT2D eigenvalue weighted by atomic mass is 9.68. The quantitative estimate of drug-likeness (QED) is 0.397. The number of hydrogen-bond acceptors (Lipinski definition) is 4. The van der Waals surface area contributed by atoms with E-state index >= 15 is 0 Å². The second-order valence-electron chi connectivity index (χ2n) is 9.75. The molecule has 3 aromatic carbocycles. The Morgan fingerprint density at radius 2 is 1.37 bits per heavy atom. The van der Waals surface area contributed by atoms with Gasteiger partial charge in [0.1, 0.15) is 11.7 Å². The van der Waals surface area contributed by atoms with Crippen LogP contribution in [0, 0.1) is 5.92 Å². The van der Waals surface area contributed by atoms with Gasteiger partial charge in [-0.25, -0.2) is 10.0 Å². The number of azo groups is 1. The van der Waals surface area contributed by atoms with Gasteiger partial charge in [-0.3, -0.25) is 9.59 Å². The Kier molecular flexibility index (Phi) is 4.22. The Balaban J connectivity index is 1.46. The van der Waals surface area contributed by atoms with Gasteiger partial charge in [0.15, 0.2) is 0 Å². The number of benzene rings is 3. The lowest BCUT2D eigenvalue weighted by molar-refractivity contribution is -0.457. The average molecular weight is 464 g/mol. The standard InChI is InChI=1S/C28H25N5O2/c34-25-23-24(26(35)31(25)20-12-4-1-5-13-20)32(21-14-6-2-7-15-21)28-19-11-10-18-27(23,28)29-33(30-28)22-16-8-3-9-17-22/h1-9,12-17,23-24H,10-11,18-19H2/t23-,24+,27+,28-/m1/s1. The highest BCUT2D eigenvalue weighted by Gasteiger charge is 2.76. The van der Waals surface area contributed by atoms with Crippen molar-refractivity contribution >= 4 is 28.9 Å². The largest absolute Gasteiger partial charge is 0.347 e. The minimum atomic E-state index is -0.808. The molecule has 3 aromatic rings. The Labute approximate surface area is 203 Å². The van der Waals surface area contributed by atoms with Crippen molar-refractivity contribution in [2.24, 2.45) is 11.0 Å². The number of anilines is 2. The van der Waals surface area contributed by atoms with E-state index in [0.29, 0.717) is 12.1 Å². The number of para-hydroxylation sites is 3. The summed E-state index contributed by atoms with van der Waals surface area (Å²) in [6, 6.07) is 28.4. The van der Waals surface area contributed by atoms with Crippen molar-refractivity contribution in [2.75, 3.05) is 9.80 Å². The van der Waals surface area contributed by atoms with E-state index in [2.05, 4.69) is 4.90 Å². The summed E-state index contributed by atoms with van der Waals surface area (Å²) in [5.74, 6) is -0.972. The smallest absolute Gasteiger partial charge is 0.257 e. The van der Waals surface area contributed by atoms with Crippen LogP contribution in [0.4, 0.5) is 17.1 Å². The molecule has 4 aliphatic rings.